The van der Waals surface area contributed by atoms with Gasteiger partial charge in [-0.15, -0.1) is 0 Å². The monoisotopic (exact) mass is 564 g/mol. The van der Waals surface area contributed by atoms with Gasteiger partial charge in [0, 0.05) is 48.6 Å². The summed E-state index contributed by atoms with van der Waals surface area (Å²) in [5.74, 6) is -1.05. The largest absolute Gasteiger partial charge is 0.489 e. The summed E-state index contributed by atoms with van der Waals surface area (Å²) in [5, 5.41) is 6.17. The third-order valence-corrected chi connectivity index (χ3v) is 7.79. The number of aryl methyl sites for hydroxylation is 1. The van der Waals surface area contributed by atoms with Crippen LogP contribution in [0, 0.1) is 12.7 Å². The highest BCUT2D eigenvalue weighted by molar-refractivity contribution is 6.30. The first-order chi connectivity index (χ1) is 19.3. The number of hydrogen-bond acceptors (Lipinski definition) is 5. The Labute approximate surface area is 239 Å². The fraction of sp³-hybridized carbons (Fsp3) is 0.355. The third-order valence-electron chi connectivity index (χ3n) is 7.55. The summed E-state index contributed by atoms with van der Waals surface area (Å²) in [6.45, 7) is 5.62. The predicted molar refractivity (Wildman–Crippen MR) is 158 cm³/mol. The standard InChI is InChI=1S/C31H34ClFN4O3/c1-20-17-21(32)5-9-27(20)34-31(39)26-18-22(33)6-10-28(26)35-30(38)25-8-7-23(37-13-3-4-14-37)19-29(25)40-24-11-15-36(2)16-12-24/h5-10,17-19,24H,3-4,11-16H2,1-2H3,(H,34,39)(H,35,38). The first-order valence-electron chi connectivity index (χ1n) is 13.7. The van der Waals surface area contributed by atoms with Crippen molar-refractivity contribution >= 4 is 40.5 Å². The highest BCUT2D eigenvalue weighted by atomic mass is 35.5. The molecule has 3 aromatic rings. The van der Waals surface area contributed by atoms with Crippen molar-refractivity contribution in [2.75, 3.05) is 48.8 Å². The Morgan fingerprint density at radius 2 is 1.55 bits per heavy atom. The minimum atomic E-state index is -0.586. The van der Waals surface area contributed by atoms with Crippen molar-refractivity contribution in [1.29, 1.82) is 0 Å². The molecule has 2 aliphatic heterocycles. The highest BCUT2D eigenvalue weighted by Gasteiger charge is 2.24. The van der Waals surface area contributed by atoms with Gasteiger partial charge in [-0.2, -0.15) is 0 Å². The maximum atomic E-state index is 14.2. The molecule has 0 bridgehead atoms. The lowest BCUT2D eigenvalue weighted by Crippen LogP contribution is -2.36. The lowest BCUT2D eigenvalue weighted by molar-refractivity contribution is 0.0989. The Kier molecular flexibility index (Phi) is 8.57. The van der Waals surface area contributed by atoms with Crippen molar-refractivity contribution < 1.29 is 18.7 Å². The van der Waals surface area contributed by atoms with E-state index in [4.69, 9.17) is 16.3 Å². The molecule has 210 valence electrons. The summed E-state index contributed by atoms with van der Waals surface area (Å²) < 4.78 is 20.7. The van der Waals surface area contributed by atoms with Crippen molar-refractivity contribution in [3.05, 3.63) is 82.1 Å². The van der Waals surface area contributed by atoms with Gasteiger partial charge >= 0.3 is 0 Å². The number of nitrogens with zero attached hydrogens (tertiary/aromatic N) is 2. The summed E-state index contributed by atoms with van der Waals surface area (Å²) in [7, 11) is 2.09. The number of hydrogen-bond donors (Lipinski definition) is 2. The molecule has 0 unspecified atom stereocenters. The number of nitrogens with one attached hydrogen (secondary N) is 2. The van der Waals surface area contributed by atoms with E-state index < -0.39 is 17.6 Å². The van der Waals surface area contributed by atoms with Gasteiger partial charge in [-0.1, -0.05) is 11.6 Å². The molecule has 2 heterocycles. The van der Waals surface area contributed by atoms with Gasteiger partial charge in [0.15, 0.2) is 0 Å². The molecule has 40 heavy (non-hydrogen) atoms. The van der Waals surface area contributed by atoms with E-state index in [0.717, 1.165) is 69.2 Å². The highest BCUT2D eigenvalue weighted by Crippen LogP contribution is 2.31. The summed E-state index contributed by atoms with van der Waals surface area (Å²) in [6.07, 6.45) is 4.03. The molecule has 5 rings (SSSR count). The van der Waals surface area contributed by atoms with E-state index >= 15 is 0 Å². The van der Waals surface area contributed by atoms with Crippen molar-refractivity contribution in [2.24, 2.45) is 0 Å². The van der Waals surface area contributed by atoms with Gasteiger partial charge in [-0.3, -0.25) is 9.59 Å². The van der Waals surface area contributed by atoms with Gasteiger partial charge in [0.05, 0.1) is 16.8 Å². The van der Waals surface area contributed by atoms with Crippen LogP contribution in [0.1, 0.15) is 52.0 Å². The summed E-state index contributed by atoms with van der Waals surface area (Å²) in [5.41, 5.74) is 2.90. The number of anilines is 3. The van der Waals surface area contributed by atoms with Crippen molar-refractivity contribution in [1.82, 2.24) is 4.90 Å². The number of likely N-dealkylation sites (tertiary alicyclic amines) is 1. The Morgan fingerprint density at radius 3 is 2.27 bits per heavy atom. The number of ether oxygens (including phenoxy) is 1. The molecule has 9 heteroatoms. The Balaban J connectivity index is 1.40. The van der Waals surface area contributed by atoms with Crippen LogP contribution in [0.5, 0.6) is 5.75 Å². The second-order valence-corrected chi connectivity index (χ2v) is 11.0. The summed E-state index contributed by atoms with van der Waals surface area (Å²) in [6, 6.07) is 14.4. The zero-order valence-corrected chi connectivity index (χ0v) is 23.6. The fourth-order valence-electron chi connectivity index (χ4n) is 5.21. The van der Waals surface area contributed by atoms with Crippen molar-refractivity contribution in [3.63, 3.8) is 0 Å². The number of rotatable bonds is 7. The molecule has 0 radical (unpaired) electrons. The molecular formula is C31H34ClFN4O3. The molecule has 0 aliphatic carbocycles. The topological polar surface area (TPSA) is 73.9 Å². The molecule has 0 spiro atoms. The maximum absolute atomic E-state index is 14.2. The molecule has 3 aromatic carbocycles. The van der Waals surface area contributed by atoms with Crippen LogP contribution in [0.3, 0.4) is 0 Å². The molecule has 0 aromatic heterocycles. The second kappa shape index (κ2) is 12.3. The summed E-state index contributed by atoms with van der Waals surface area (Å²) >= 11 is 6.03. The van der Waals surface area contributed by atoms with Crippen molar-refractivity contribution in [2.45, 2.75) is 38.7 Å². The van der Waals surface area contributed by atoms with Gasteiger partial charge < -0.3 is 25.2 Å². The number of piperidine rings is 1. The molecule has 0 atom stereocenters. The lowest BCUT2D eigenvalue weighted by atomic mass is 10.1. The Hall–Kier alpha value is -3.62. The Bertz CT molecular complexity index is 1400. The molecule has 2 amide bonds. The number of amides is 2. The lowest BCUT2D eigenvalue weighted by Gasteiger charge is -2.30. The van der Waals surface area contributed by atoms with E-state index in [1.165, 1.54) is 12.1 Å². The average Bonchev–Trinajstić information content (AvgIpc) is 3.48. The van der Waals surface area contributed by atoms with Crippen LogP contribution in [0.2, 0.25) is 5.02 Å². The molecule has 2 N–H and O–H groups in total. The van der Waals surface area contributed by atoms with Gasteiger partial charge in [-0.05, 0) is 93.7 Å². The van der Waals surface area contributed by atoms with E-state index in [-0.39, 0.29) is 17.4 Å². The second-order valence-electron chi connectivity index (χ2n) is 10.6. The number of carbonyl (C=O) groups excluding carboxylic acids is 2. The Morgan fingerprint density at radius 1 is 0.875 bits per heavy atom. The first-order valence-corrected chi connectivity index (χ1v) is 14.1. The summed E-state index contributed by atoms with van der Waals surface area (Å²) in [4.78, 5) is 31.4. The van der Waals surface area contributed by atoms with Crippen LogP contribution in [0.15, 0.2) is 54.6 Å². The van der Waals surface area contributed by atoms with Gasteiger partial charge in [0.1, 0.15) is 17.7 Å². The number of carbonyl (C=O) groups is 2. The zero-order valence-electron chi connectivity index (χ0n) is 22.8. The number of benzene rings is 3. The number of halogens is 2. The molecule has 2 aliphatic rings. The van der Waals surface area contributed by atoms with Crippen LogP contribution in [0.4, 0.5) is 21.5 Å². The van der Waals surface area contributed by atoms with E-state index in [0.29, 0.717) is 22.0 Å². The minimum Gasteiger partial charge on any atom is -0.489 e. The van der Waals surface area contributed by atoms with Crippen molar-refractivity contribution in [3.8, 4) is 5.75 Å². The van der Waals surface area contributed by atoms with Gasteiger partial charge in [0.25, 0.3) is 11.8 Å². The molecule has 7 nitrogen and oxygen atoms in total. The predicted octanol–water partition coefficient (Wildman–Crippen LogP) is 6.37. The molecular weight excluding hydrogens is 531 g/mol. The molecule has 0 saturated carbocycles. The van der Waals surface area contributed by atoms with Crippen LogP contribution < -0.4 is 20.3 Å². The molecule has 2 fully saturated rings. The van der Waals surface area contributed by atoms with Crippen LogP contribution in [-0.2, 0) is 0 Å². The van der Waals surface area contributed by atoms with Gasteiger partial charge in [-0.25, -0.2) is 4.39 Å². The van der Waals surface area contributed by atoms with Crippen LogP contribution in [0.25, 0.3) is 0 Å². The van der Waals surface area contributed by atoms with E-state index in [1.807, 2.05) is 19.1 Å². The van der Waals surface area contributed by atoms with E-state index in [9.17, 15) is 14.0 Å². The van der Waals surface area contributed by atoms with E-state index in [1.54, 1.807) is 24.3 Å². The normalized spacial score (nSPS) is 16.1. The minimum absolute atomic E-state index is 0.00588. The maximum Gasteiger partial charge on any atom is 0.259 e. The SMILES string of the molecule is Cc1cc(Cl)ccc1NC(=O)c1cc(F)ccc1NC(=O)c1ccc(N2CCCC2)cc1OC1CCN(C)CC1. The zero-order chi connectivity index (χ0) is 28.2. The van der Waals surface area contributed by atoms with Crippen LogP contribution in [-0.4, -0.2) is 56.0 Å². The van der Waals surface area contributed by atoms with E-state index in [2.05, 4.69) is 27.5 Å². The van der Waals surface area contributed by atoms with Gasteiger partial charge in [0.2, 0.25) is 0 Å². The molecule has 2 saturated heterocycles. The quantitative estimate of drug-likeness (QED) is 0.349. The smallest absolute Gasteiger partial charge is 0.259 e. The fourth-order valence-corrected chi connectivity index (χ4v) is 5.44. The van der Waals surface area contributed by atoms with Crippen LogP contribution >= 0.6 is 11.6 Å². The average molecular weight is 565 g/mol. The first kappa shape index (κ1) is 27.9. The third kappa shape index (κ3) is 6.57.